The van der Waals surface area contributed by atoms with Gasteiger partial charge in [0.15, 0.2) is 5.76 Å². The summed E-state index contributed by atoms with van der Waals surface area (Å²) in [5, 5.41) is 12.8. The molecule has 2 aromatic rings. The molecule has 1 amide bonds. The summed E-state index contributed by atoms with van der Waals surface area (Å²) in [6, 6.07) is 9.38. The van der Waals surface area contributed by atoms with E-state index in [1.54, 1.807) is 6.92 Å². The Balaban J connectivity index is 2.00. The summed E-state index contributed by atoms with van der Waals surface area (Å²) in [5.74, 6) is 0.704. The predicted octanol–water partition coefficient (Wildman–Crippen LogP) is 2.67. The highest BCUT2D eigenvalue weighted by Crippen LogP contribution is 2.17. The number of carbonyl (C=O) groups is 1. The zero-order valence-corrected chi connectivity index (χ0v) is 11.9. The molecule has 20 heavy (non-hydrogen) atoms. The number of hydrogen-bond acceptors (Lipinski definition) is 3. The van der Waals surface area contributed by atoms with Crippen molar-refractivity contribution in [1.82, 2.24) is 5.32 Å². The predicted molar refractivity (Wildman–Crippen MR) is 76.7 cm³/mol. The lowest BCUT2D eigenvalue weighted by Gasteiger charge is -2.14. The molecule has 2 rings (SSSR count). The van der Waals surface area contributed by atoms with E-state index in [1.165, 1.54) is 0 Å². The summed E-state index contributed by atoms with van der Waals surface area (Å²) < 4.78 is 5.34. The Hall–Kier alpha value is -2.07. The molecule has 0 spiro atoms. The van der Waals surface area contributed by atoms with Crippen molar-refractivity contribution in [3.05, 3.63) is 58.5 Å². The number of aliphatic hydroxyl groups excluding tert-OH is 1. The third kappa shape index (κ3) is 3.08. The van der Waals surface area contributed by atoms with Crippen LogP contribution in [0.2, 0.25) is 0 Å². The smallest absolute Gasteiger partial charge is 0.287 e. The minimum atomic E-state index is -0.725. The molecule has 1 unspecified atom stereocenters. The second-order valence-corrected chi connectivity index (χ2v) is 4.95. The number of benzene rings is 1. The van der Waals surface area contributed by atoms with Crippen LogP contribution in [0.15, 0.2) is 34.7 Å². The molecule has 2 N–H and O–H groups in total. The van der Waals surface area contributed by atoms with Crippen LogP contribution in [-0.2, 0) is 0 Å². The largest absolute Gasteiger partial charge is 0.456 e. The van der Waals surface area contributed by atoms with Gasteiger partial charge < -0.3 is 14.8 Å². The number of rotatable bonds is 4. The SMILES string of the molecule is Cc1cc(C)c(C(=O)NCC(O)c2ccccc2C)o1. The Morgan fingerprint density at radius 2 is 1.95 bits per heavy atom. The van der Waals surface area contributed by atoms with Crippen LogP contribution >= 0.6 is 0 Å². The summed E-state index contributed by atoms with van der Waals surface area (Å²) in [6.07, 6.45) is -0.725. The van der Waals surface area contributed by atoms with Crippen molar-refractivity contribution >= 4 is 5.91 Å². The van der Waals surface area contributed by atoms with E-state index in [-0.39, 0.29) is 12.5 Å². The fourth-order valence-electron chi connectivity index (χ4n) is 2.21. The normalized spacial score (nSPS) is 12.2. The van der Waals surface area contributed by atoms with Gasteiger partial charge in [-0.15, -0.1) is 0 Å². The Morgan fingerprint density at radius 1 is 1.25 bits per heavy atom. The first-order valence-corrected chi connectivity index (χ1v) is 6.58. The Kier molecular flexibility index (Phi) is 4.25. The van der Waals surface area contributed by atoms with Gasteiger partial charge in [0.05, 0.1) is 6.10 Å². The molecule has 0 aliphatic heterocycles. The number of hydrogen-bond donors (Lipinski definition) is 2. The first-order valence-electron chi connectivity index (χ1n) is 6.58. The maximum Gasteiger partial charge on any atom is 0.287 e. The highest BCUT2D eigenvalue weighted by Gasteiger charge is 2.16. The second-order valence-electron chi connectivity index (χ2n) is 4.95. The summed E-state index contributed by atoms with van der Waals surface area (Å²) >= 11 is 0. The van der Waals surface area contributed by atoms with Crippen molar-refractivity contribution in [1.29, 1.82) is 0 Å². The molecule has 0 radical (unpaired) electrons. The molecule has 1 heterocycles. The average Bonchev–Trinajstić information content (AvgIpc) is 2.75. The van der Waals surface area contributed by atoms with E-state index < -0.39 is 6.10 Å². The van der Waals surface area contributed by atoms with Gasteiger partial charge in [-0.25, -0.2) is 0 Å². The second kappa shape index (κ2) is 5.92. The fraction of sp³-hybridized carbons (Fsp3) is 0.312. The molecule has 4 nitrogen and oxygen atoms in total. The van der Waals surface area contributed by atoms with Crippen molar-refractivity contribution in [2.75, 3.05) is 6.54 Å². The Morgan fingerprint density at radius 3 is 2.55 bits per heavy atom. The highest BCUT2D eigenvalue weighted by atomic mass is 16.3. The van der Waals surface area contributed by atoms with Crippen LogP contribution < -0.4 is 5.32 Å². The lowest BCUT2D eigenvalue weighted by Crippen LogP contribution is -2.28. The van der Waals surface area contributed by atoms with E-state index in [4.69, 9.17) is 4.42 Å². The van der Waals surface area contributed by atoms with Gasteiger partial charge in [-0.2, -0.15) is 0 Å². The lowest BCUT2D eigenvalue weighted by molar-refractivity contribution is 0.0886. The quantitative estimate of drug-likeness (QED) is 0.900. The molecule has 1 atom stereocenters. The van der Waals surface area contributed by atoms with E-state index in [0.717, 1.165) is 16.7 Å². The number of carbonyl (C=O) groups excluding carboxylic acids is 1. The zero-order chi connectivity index (χ0) is 14.7. The van der Waals surface area contributed by atoms with Gasteiger partial charge in [0, 0.05) is 12.1 Å². The first kappa shape index (κ1) is 14.3. The van der Waals surface area contributed by atoms with Crippen molar-refractivity contribution in [2.24, 2.45) is 0 Å². The minimum Gasteiger partial charge on any atom is -0.456 e. The van der Waals surface area contributed by atoms with Gasteiger partial charge in [0.2, 0.25) is 0 Å². The topological polar surface area (TPSA) is 62.5 Å². The van der Waals surface area contributed by atoms with Gasteiger partial charge in [0.25, 0.3) is 5.91 Å². The molecular formula is C16H19NO3. The van der Waals surface area contributed by atoms with Crippen LogP contribution in [0.3, 0.4) is 0 Å². The van der Waals surface area contributed by atoms with Crippen LogP contribution in [0.1, 0.15) is 39.1 Å². The molecular weight excluding hydrogens is 254 g/mol. The van der Waals surface area contributed by atoms with Gasteiger partial charge in [0.1, 0.15) is 5.76 Å². The number of nitrogens with one attached hydrogen (secondary N) is 1. The Labute approximate surface area is 118 Å². The van der Waals surface area contributed by atoms with Gasteiger partial charge in [-0.3, -0.25) is 4.79 Å². The summed E-state index contributed by atoms with van der Waals surface area (Å²) in [5.41, 5.74) is 2.62. The van der Waals surface area contributed by atoms with Crippen molar-refractivity contribution < 1.29 is 14.3 Å². The maximum atomic E-state index is 12.0. The zero-order valence-electron chi connectivity index (χ0n) is 11.9. The van der Waals surface area contributed by atoms with Gasteiger partial charge >= 0.3 is 0 Å². The van der Waals surface area contributed by atoms with Crippen molar-refractivity contribution in [3.63, 3.8) is 0 Å². The minimum absolute atomic E-state index is 0.156. The van der Waals surface area contributed by atoms with Gasteiger partial charge in [-0.05, 0) is 38.0 Å². The molecule has 0 aliphatic rings. The maximum absolute atomic E-state index is 12.0. The van der Waals surface area contributed by atoms with E-state index >= 15 is 0 Å². The third-order valence-electron chi connectivity index (χ3n) is 3.25. The average molecular weight is 273 g/mol. The van der Waals surface area contributed by atoms with E-state index in [1.807, 2.05) is 44.2 Å². The van der Waals surface area contributed by atoms with E-state index in [9.17, 15) is 9.90 Å². The number of amides is 1. The van der Waals surface area contributed by atoms with Crippen LogP contribution in [0.5, 0.6) is 0 Å². The van der Waals surface area contributed by atoms with Crippen LogP contribution in [0, 0.1) is 20.8 Å². The van der Waals surface area contributed by atoms with Crippen molar-refractivity contribution in [3.8, 4) is 0 Å². The van der Waals surface area contributed by atoms with Crippen molar-refractivity contribution in [2.45, 2.75) is 26.9 Å². The third-order valence-corrected chi connectivity index (χ3v) is 3.25. The lowest BCUT2D eigenvalue weighted by atomic mass is 10.0. The molecule has 0 saturated carbocycles. The monoisotopic (exact) mass is 273 g/mol. The molecule has 0 aliphatic carbocycles. The number of aryl methyl sites for hydroxylation is 3. The standard InChI is InChI=1S/C16H19NO3/c1-10-6-4-5-7-13(10)14(18)9-17-16(19)15-11(2)8-12(3)20-15/h4-8,14,18H,9H2,1-3H3,(H,17,19). The first-order chi connectivity index (χ1) is 9.49. The van der Waals surface area contributed by atoms with Crippen LogP contribution in [0.25, 0.3) is 0 Å². The molecule has 0 saturated heterocycles. The molecule has 0 bridgehead atoms. The molecule has 106 valence electrons. The summed E-state index contributed by atoms with van der Waals surface area (Å²) in [4.78, 5) is 12.0. The highest BCUT2D eigenvalue weighted by molar-refractivity contribution is 5.92. The molecule has 1 aromatic heterocycles. The summed E-state index contributed by atoms with van der Waals surface area (Å²) in [7, 11) is 0. The number of furan rings is 1. The molecule has 4 heteroatoms. The van der Waals surface area contributed by atoms with Gasteiger partial charge in [-0.1, -0.05) is 24.3 Å². The van der Waals surface area contributed by atoms with Crippen LogP contribution in [0.4, 0.5) is 0 Å². The van der Waals surface area contributed by atoms with E-state index in [0.29, 0.717) is 11.5 Å². The van der Waals surface area contributed by atoms with Crippen LogP contribution in [-0.4, -0.2) is 17.6 Å². The fourth-order valence-corrected chi connectivity index (χ4v) is 2.21. The summed E-state index contributed by atoms with van der Waals surface area (Å²) in [6.45, 7) is 5.71. The molecule has 0 fully saturated rings. The number of aliphatic hydroxyl groups is 1. The Bertz CT molecular complexity index is 616. The molecule has 1 aromatic carbocycles. The van der Waals surface area contributed by atoms with E-state index in [2.05, 4.69) is 5.32 Å².